The summed E-state index contributed by atoms with van der Waals surface area (Å²) in [4.78, 5) is 0. The van der Waals surface area contributed by atoms with Crippen molar-refractivity contribution in [2.24, 2.45) is 0 Å². The van der Waals surface area contributed by atoms with Gasteiger partial charge in [-0.3, -0.25) is 0 Å². The average Bonchev–Trinajstić information content (AvgIpc) is 2.39. The normalized spacial score (nSPS) is 12.4. The lowest BCUT2D eigenvalue weighted by atomic mass is 9.98. The lowest BCUT2D eigenvalue weighted by molar-refractivity contribution is 0.510. The zero-order valence-electron chi connectivity index (χ0n) is 10.9. The summed E-state index contributed by atoms with van der Waals surface area (Å²) in [6.45, 7) is 2.85. The molecule has 0 bridgehead atoms. The molecule has 0 saturated carbocycles. The first kappa shape index (κ1) is 14.2. The minimum absolute atomic E-state index is 0.000463. The fourth-order valence-electron chi connectivity index (χ4n) is 2.20. The van der Waals surface area contributed by atoms with E-state index in [9.17, 15) is 4.39 Å². The zero-order chi connectivity index (χ0) is 13.7. The van der Waals surface area contributed by atoms with Gasteiger partial charge in [0.15, 0.2) is 0 Å². The molecule has 0 radical (unpaired) electrons. The van der Waals surface area contributed by atoms with Crippen molar-refractivity contribution < 1.29 is 4.39 Å². The van der Waals surface area contributed by atoms with Gasteiger partial charge in [0.1, 0.15) is 5.82 Å². The van der Waals surface area contributed by atoms with Crippen LogP contribution < -0.4 is 5.32 Å². The van der Waals surface area contributed by atoms with Gasteiger partial charge in [-0.2, -0.15) is 0 Å². The molecule has 1 nitrogen and oxygen atoms in total. The molecule has 19 heavy (non-hydrogen) atoms. The van der Waals surface area contributed by atoms with E-state index in [-0.39, 0.29) is 11.9 Å². The Morgan fingerprint density at radius 3 is 2.63 bits per heavy atom. The first-order chi connectivity index (χ1) is 9.20. The molecule has 2 rings (SSSR count). The molecule has 1 N–H and O–H groups in total. The Morgan fingerprint density at radius 2 is 1.95 bits per heavy atom. The lowest BCUT2D eigenvalue weighted by Crippen LogP contribution is -2.23. The van der Waals surface area contributed by atoms with Crippen molar-refractivity contribution >= 4 is 15.9 Å². The molecule has 3 heteroatoms. The molecule has 0 aromatic heterocycles. The van der Waals surface area contributed by atoms with Crippen LogP contribution in [-0.4, -0.2) is 6.54 Å². The van der Waals surface area contributed by atoms with Crippen molar-refractivity contribution in [1.82, 2.24) is 5.32 Å². The summed E-state index contributed by atoms with van der Waals surface area (Å²) < 4.78 is 14.9. The molecule has 1 unspecified atom stereocenters. The third kappa shape index (κ3) is 3.88. The van der Waals surface area contributed by atoms with Crippen LogP contribution in [-0.2, 0) is 6.42 Å². The highest BCUT2D eigenvalue weighted by Gasteiger charge is 2.14. The van der Waals surface area contributed by atoms with Gasteiger partial charge in [0.05, 0.1) is 0 Å². The summed E-state index contributed by atoms with van der Waals surface area (Å²) in [6, 6.07) is 15.1. The maximum absolute atomic E-state index is 13.9. The number of hydrogen-bond acceptors (Lipinski definition) is 1. The smallest absolute Gasteiger partial charge is 0.127 e. The van der Waals surface area contributed by atoms with E-state index in [1.165, 1.54) is 11.6 Å². The average molecular weight is 322 g/mol. The first-order valence-corrected chi connectivity index (χ1v) is 7.22. The minimum atomic E-state index is -0.150. The van der Waals surface area contributed by atoms with Crippen molar-refractivity contribution in [3.05, 3.63) is 69.9 Å². The molecule has 0 aliphatic rings. The van der Waals surface area contributed by atoms with Crippen LogP contribution in [0.25, 0.3) is 0 Å². The molecule has 2 aromatic rings. The summed E-state index contributed by atoms with van der Waals surface area (Å²) in [6.07, 6.45) is 0.772. The van der Waals surface area contributed by atoms with Crippen molar-refractivity contribution in [1.29, 1.82) is 0 Å². The third-order valence-electron chi connectivity index (χ3n) is 3.06. The van der Waals surface area contributed by atoms with Gasteiger partial charge in [0, 0.05) is 16.1 Å². The summed E-state index contributed by atoms with van der Waals surface area (Å²) in [5.74, 6) is -0.150. The highest BCUT2D eigenvalue weighted by molar-refractivity contribution is 9.10. The van der Waals surface area contributed by atoms with E-state index in [2.05, 4.69) is 33.4 Å². The Bertz CT molecular complexity index is 542. The molecular weight excluding hydrogens is 305 g/mol. The summed E-state index contributed by atoms with van der Waals surface area (Å²) >= 11 is 3.47. The van der Waals surface area contributed by atoms with Gasteiger partial charge < -0.3 is 5.32 Å². The Labute approximate surface area is 122 Å². The fourth-order valence-corrected chi connectivity index (χ4v) is 2.64. The number of hydrogen-bond donors (Lipinski definition) is 1. The minimum Gasteiger partial charge on any atom is -0.310 e. The Kier molecular flexibility index (Phi) is 5.11. The third-order valence-corrected chi connectivity index (χ3v) is 3.55. The SMILES string of the molecule is CCNC(Cc1cccc(Br)c1)c1ccccc1F. The number of benzene rings is 2. The Morgan fingerprint density at radius 1 is 1.16 bits per heavy atom. The van der Waals surface area contributed by atoms with Gasteiger partial charge in [-0.25, -0.2) is 4.39 Å². The molecule has 0 heterocycles. The second-order valence-corrected chi connectivity index (χ2v) is 5.38. The topological polar surface area (TPSA) is 12.0 Å². The number of rotatable bonds is 5. The van der Waals surface area contributed by atoms with E-state index >= 15 is 0 Å². The van der Waals surface area contributed by atoms with Gasteiger partial charge in [-0.1, -0.05) is 53.2 Å². The molecule has 2 aromatic carbocycles. The zero-order valence-corrected chi connectivity index (χ0v) is 12.5. The number of halogens is 2. The van der Waals surface area contributed by atoms with E-state index in [4.69, 9.17) is 0 Å². The van der Waals surface area contributed by atoms with Crippen LogP contribution >= 0.6 is 15.9 Å². The van der Waals surface area contributed by atoms with E-state index in [0.717, 1.165) is 23.0 Å². The van der Waals surface area contributed by atoms with Gasteiger partial charge in [-0.05, 0) is 36.7 Å². The predicted molar refractivity (Wildman–Crippen MR) is 80.7 cm³/mol. The molecular formula is C16H17BrFN. The molecule has 0 aliphatic heterocycles. The summed E-state index contributed by atoms with van der Waals surface area (Å²) in [7, 11) is 0. The number of likely N-dealkylation sites (N-methyl/N-ethyl adjacent to an activating group) is 1. The highest BCUT2D eigenvalue weighted by Crippen LogP contribution is 2.22. The van der Waals surface area contributed by atoms with Crippen LogP contribution in [0.15, 0.2) is 53.0 Å². The van der Waals surface area contributed by atoms with Gasteiger partial charge in [0.25, 0.3) is 0 Å². The van der Waals surface area contributed by atoms with E-state index in [1.54, 1.807) is 6.07 Å². The molecule has 0 amide bonds. The fraction of sp³-hybridized carbons (Fsp3) is 0.250. The van der Waals surface area contributed by atoms with E-state index in [0.29, 0.717) is 0 Å². The quantitative estimate of drug-likeness (QED) is 0.856. The van der Waals surface area contributed by atoms with Crippen LogP contribution in [0.5, 0.6) is 0 Å². The lowest BCUT2D eigenvalue weighted by Gasteiger charge is -2.19. The first-order valence-electron chi connectivity index (χ1n) is 6.43. The van der Waals surface area contributed by atoms with Gasteiger partial charge in [0.2, 0.25) is 0 Å². The molecule has 0 spiro atoms. The van der Waals surface area contributed by atoms with Crippen molar-refractivity contribution in [2.75, 3.05) is 6.54 Å². The van der Waals surface area contributed by atoms with Crippen LogP contribution in [0, 0.1) is 5.82 Å². The van der Waals surface area contributed by atoms with E-state index in [1.807, 2.05) is 31.2 Å². The predicted octanol–water partition coefficient (Wildman–Crippen LogP) is 4.48. The monoisotopic (exact) mass is 321 g/mol. The Balaban J connectivity index is 2.24. The van der Waals surface area contributed by atoms with E-state index < -0.39 is 0 Å². The van der Waals surface area contributed by atoms with Crippen LogP contribution in [0.3, 0.4) is 0 Å². The maximum Gasteiger partial charge on any atom is 0.127 e. The Hall–Kier alpha value is -1.19. The van der Waals surface area contributed by atoms with Crippen molar-refractivity contribution in [2.45, 2.75) is 19.4 Å². The molecule has 0 saturated heterocycles. The summed E-state index contributed by atoms with van der Waals surface area (Å²) in [5.41, 5.74) is 1.91. The molecule has 0 aliphatic carbocycles. The van der Waals surface area contributed by atoms with Crippen LogP contribution in [0.4, 0.5) is 4.39 Å². The maximum atomic E-state index is 13.9. The molecule has 1 atom stereocenters. The summed E-state index contributed by atoms with van der Waals surface area (Å²) in [5, 5.41) is 3.35. The largest absolute Gasteiger partial charge is 0.310 e. The van der Waals surface area contributed by atoms with Crippen LogP contribution in [0.2, 0.25) is 0 Å². The second-order valence-electron chi connectivity index (χ2n) is 4.47. The van der Waals surface area contributed by atoms with Gasteiger partial charge >= 0.3 is 0 Å². The molecule has 100 valence electrons. The van der Waals surface area contributed by atoms with Crippen LogP contribution in [0.1, 0.15) is 24.1 Å². The number of nitrogens with one attached hydrogen (secondary N) is 1. The van der Waals surface area contributed by atoms with Gasteiger partial charge in [-0.15, -0.1) is 0 Å². The van der Waals surface area contributed by atoms with Crippen molar-refractivity contribution in [3.63, 3.8) is 0 Å². The highest BCUT2D eigenvalue weighted by atomic mass is 79.9. The van der Waals surface area contributed by atoms with Crippen molar-refractivity contribution in [3.8, 4) is 0 Å². The molecule has 0 fully saturated rings. The standard InChI is InChI=1S/C16H17BrFN/c1-2-19-16(14-8-3-4-9-15(14)18)11-12-6-5-7-13(17)10-12/h3-10,16,19H,2,11H2,1H3. The second kappa shape index (κ2) is 6.83.